The Labute approximate surface area is 153 Å². The minimum atomic E-state index is -4.81. The molecule has 3 aromatic rings. The van der Waals surface area contributed by atoms with Gasteiger partial charge in [0.15, 0.2) is 6.61 Å². The van der Waals surface area contributed by atoms with Gasteiger partial charge in [-0.25, -0.2) is 13.6 Å². The van der Waals surface area contributed by atoms with Gasteiger partial charge in [0.25, 0.3) is 5.89 Å². The summed E-state index contributed by atoms with van der Waals surface area (Å²) in [5, 5.41) is 3.61. The van der Waals surface area contributed by atoms with Gasteiger partial charge in [-0.15, -0.1) is 13.2 Å². The van der Waals surface area contributed by atoms with Crippen LogP contribution >= 0.6 is 0 Å². The van der Waals surface area contributed by atoms with Crippen molar-refractivity contribution in [1.29, 1.82) is 0 Å². The number of nitrogens with zero attached hydrogens (tertiary/aromatic N) is 2. The van der Waals surface area contributed by atoms with Crippen molar-refractivity contribution in [2.45, 2.75) is 13.0 Å². The summed E-state index contributed by atoms with van der Waals surface area (Å²) < 4.78 is 76.2. The van der Waals surface area contributed by atoms with Gasteiger partial charge in [-0.1, -0.05) is 5.16 Å². The first kappa shape index (κ1) is 19.3. The molecule has 0 aliphatic heterocycles. The Bertz CT molecular complexity index is 986. The number of esters is 1. The van der Waals surface area contributed by atoms with Crippen LogP contribution in [0, 0.1) is 11.6 Å². The second kappa shape index (κ2) is 7.62. The Morgan fingerprint density at radius 1 is 1.07 bits per heavy atom. The molecule has 0 amide bonds. The van der Waals surface area contributed by atoms with Gasteiger partial charge in [-0.3, -0.25) is 0 Å². The SMILES string of the molecule is O=C(OCc1nc(-c2ccc(OC(F)(F)F)cc2)no1)c1ccc(F)cc1F. The van der Waals surface area contributed by atoms with Crippen LogP contribution in [0.3, 0.4) is 0 Å². The highest BCUT2D eigenvalue weighted by molar-refractivity contribution is 5.89. The molecule has 0 spiro atoms. The highest BCUT2D eigenvalue weighted by atomic mass is 19.4. The summed E-state index contributed by atoms with van der Waals surface area (Å²) in [6.45, 7) is -0.488. The van der Waals surface area contributed by atoms with E-state index in [-0.39, 0.29) is 11.7 Å². The fraction of sp³-hybridized carbons (Fsp3) is 0.118. The van der Waals surface area contributed by atoms with E-state index in [0.717, 1.165) is 24.3 Å². The number of aromatic nitrogens is 2. The van der Waals surface area contributed by atoms with Gasteiger partial charge in [-0.2, -0.15) is 4.98 Å². The van der Waals surface area contributed by atoms with E-state index < -0.39 is 41.9 Å². The van der Waals surface area contributed by atoms with E-state index in [2.05, 4.69) is 14.9 Å². The average molecular weight is 400 g/mol. The predicted molar refractivity (Wildman–Crippen MR) is 81.9 cm³/mol. The Morgan fingerprint density at radius 3 is 2.43 bits per heavy atom. The second-order valence-electron chi connectivity index (χ2n) is 5.28. The summed E-state index contributed by atoms with van der Waals surface area (Å²) in [6.07, 6.45) is -4.81. The Kier molecular flexibility index (Phi) is 5.25. The summed E-state index contributed by atoms with van der Waals surface area (Å²) in [6, 6.07) is 7.04. The number of hydrogen-bond acceptors (Lipinski definition) is 6. The topological polar surface area (TPSA) is 74.5 Å². The van der Waals surface area contributed by atoms with Crippen molar-refractivity contribution in [3.63, 3.8) is 0 Å². The molecule has 146 valence electrons. The number of ether oxygens (including phenoxy) is 2. The summed E-state index contributed by atoms with van der Waals surface area (Å²) in [5.74, 6) is -3.53. The van der Waals surface area contributed by atoms with Gasteiger partial charge < -0.3 is 14.0 Å². The number of carbonyl (C=O) groups is 1. The van der Waals surface area contributed by atoms with Gasteiger partial charge in [0.1, 0.15) is 17.4 Å². The van der Waals surface area contributed by atoms with Crippen molar-refractivity contribution in [1.82, 2.24) is 10.1 Å². The predicted octanol–water partition coefficient (Wildman–Crippen LogP) is 4.27. The van der Waals surface area contributed by atoms with Gasteiger partial charge in [0.2, 0.25) is 5.82 Å². The van der Waals surface area contributed by atoms with Crippen LogP contribution in [0.25, 0.3) is 11.4 Å². The van der Waals surface area contributed by atoms with Crippen molar-refractivity contribution in [2.24, 2.45) is 0 Å². The molecule has 0 aliphatic carbocycles. The largest absolute Gasteiger partial charge is 0.573 e. The molecule has 1 heterocycles. The molecule has 0 N–H and O–H groups in total. The Morgan fingerprint density at radius 2 is 1.79 bits per heavy atom. The van der Waals surface area contributed by atoms with Crippen LogP contribution < -0.4 is 4.74 Å². The lowest BCUT2D eigenvalue weighted by atomic mass is 10.2. The zero-order chi connectivity index (χ0) is 20.3. The van der Waals surface area contributed by atoms with Crippen molar-refractivity contribution >= 4 is 5.97 Å². The van der Waals surface area contributed by atoms with Crippen molar-refractivity contribution < 1.29 is 40.7 Å². The van der Waals surface area contributed by atoms with E-state index in [1.165, 1.54) is 12.1 Å². The quantitative estimate of drug-likeness (QED) is 0.470. The van der Waals surface area contributed by atoms with Gasteiger partial charge in [0.05, 0.1) is 5.56 Å². The van der Waals surface area contributed by atoms with Gasteiger partial charge >= 0.3 is 12.3 Å². The number of benzene rings is 2. The lowest BCUT2D eigenvalue weighted by Gasteiger charge is -2.08. The number of rotatable bonds is 5. The summed E-state index contributed by atoms with van der Waals surface area (Å²) >= 11 is 0. The highest BCUT2D eigenvalue weighted by Gasteiger charge is 2.31. The zero-order valence-electron chi connectivity index (χ0n) is 13.7. The molecule has 0 unspecified atom stereocenters. The molecule has 0 saturated heterocycles. The van der Waals surface area contributed by atoms with E-state index in [1.54, 1.807) is 0 Å². The lowest BCUT2D eigenvalue weighted by molar-refractivity contribution is -0.274. The lowest BCUT2D eigenvalue weighted by Crippen LogP contribution is -2.16. The monoisotopic (exact) mass is 400 g/mol. The zero-order valence-corrected chi connectivity index (χ0v) is 13.7. The van der Waals surface area contributed by atoms with E-state index in [1.807, 2.05) is 0 Å². The molecule has 0 bridgehead atoms. The fourth-order valence-electron chi connectivity index (χ4n) is 2.10. The van der Waals surface area contributed by atoms with E-state index >= 15 is 0 Å². The highest BCUT2D eigenvalue weighted by Crippen LogP contribution is 2.25. The van der Waals surface area contributed by atoms with Gasteiger partial charge in [-0.05, 0) is 36.4 Å². The van der Waals surface area contributed by atoms with Crippen LogP contribution in [0.4, 0.5) is 22.0 Å². The summed E-state index contributed by atoms with van der Waals surface area (Å²) in [4.78, 5) is 15.7. The molecule has 0 atom stereocenters. The van der Waals surface area contributed by atoms with E-state index in [0.29, 0.717) is 11.6 Å². The van der Waals surface area contributed by atoms with E-state index in [4.69, 9.17) is 9.26 Å². The number of halogens is 5. The van der Waals surface area contributed by atoms with Crippen LogP contribution in [0.2, 0.25) is 0 Å². The Hall–Kier alpha value is -3.50. The first-order valence-corrected chi connectivity index (χ1v) is 7.52. The molecule has 2 aromatic carbocycles. The molecule has 0 aliphatic rings. The third-order valence-electron chi connectivity index (χ3n) is 3.29. The molecule has 0 fully saturated rings. The standard InChI is InChI=1S/C17H9F5N2O4/c18-10-3-6-12(13(19)7-10)16(25)26-8-14-23-15(24-28-14)9-1-4-11(5-2-9)27-17(20,21)22/h1-7H,8H2. The molecular formula is C17H9F5N2O4. The maximum atomic E-state index is 13.5. The van der Waals surface area contributed by atoms with Crippen LogP contribution in [0.1, 0.15) is 16.2 Å². The smallest absolute Gasteiger partial charge is 0.452 e. The second-order valence-corrected chi connectivity index (χ2v) is 5.28. The molecule has 3 rings (SSSR count). The average Bonchev–Trinajstić information content (AvgIpc) is 3.08. The van der Waals surface area contributed by atoms with Crippen LogP contribution in [0.5, 0.6) is 5.75 Å². The normalized spacial score (nSPS) is 11.3. The van der Waals surface area contributed by atoms with E-state index in [9.17, 15) is 26.7 Å². The van der Waals surface area contributed by atoms with Crippen LogP contribution in [-0.4, -0.2) is 22.5 Å². The molecule has 1 aromatic heterocycles. The third kappa shape index (κ3) is 4.81. The first-order chi connectivity index (χ1) is 13.2. The number of alkyl halides is 3. The van der Waals surface area contributed by atoms with Crippen molar-refractivity contribution in [3.05, 3.63) is 65.6 Å². The number of hydrogen-bond donors (Lipinski definition) is 0. The van der Waals surface area contributed by atoms with Gasteiger partial charge in [0, 0.05) is 11.6 Å². The molecule has 28 heavy (non-hydrogen) atoms. The molecule has 0 radical (unpaired) electrons. The summed E-state index contributed by atoms with van der Waals surface area (Å²) in [7, 11) is 0. The van der Waals surface area contributed by atoms with Crippen LogP contribution in [-0.2, 0) is 11.3 Å². The first-order valence-electron chi connectivity index (χ1n) is 7.52. The third-order valence-corrected chi connectivity index (χ3v) is 3.29. The summed E-state index contributed by atoms with van der Waals surface area (Å²) in [5.41, 5.74) is -0.151. The minimum absolute atomic E-state index is 0.0255. The maximum absolute atomic E-state index is 13.5. The van der Waals surface area contributed by atoms with Crippen molar-refractivity contribution in [3.8, 4) is 17.1 Å². The maximum Gasteiger partial charge on any atom is 0.573 e. The molecule has 6 nitrogen and oxygen atoms in total. The molecule has 0 saturated carbocycles. The minimum Gasteiger partial charge on any atom is -0.452 e. The Balaban J connectivity index is 1.63. The van der Waals surface area contributed by atoms with Crippen molar-refractivity contribution in [2.75, 3.05) is 0 Å². The fourth-order valence-corrected chi connectivity index (χ4v) is 2.10. The molecular weight excluding hydrogens is 391 g/mol. The molecule has 11 heteroatoms. The number of carbonyl (C=O) groups excluding carboxylic acids is 1. The van der Waals surface area contributed by atoms with Crippen LogP contribution in [0.15, 0.2) is 47.0 Å².